The molecule has 1 unspecified atom stereocenters. The Labute approximate surface area is 123 Å². The summed E-state index contributed by atoms with van der Waals surface area (Å²) in [6, 6.07) is 2.96. The molecule has 7 nitrogen and oxygen atoms in total. The second kappa shape index (κ2) is 7.12. The van der Waals surface area contributed by atoms with Gasteiger partial charge in [0.15, 0.2) is 11.5 Å². The van der Waals surface area contributed by atoms with Gasteiger partial charge in [0.2, 0.25) is 0 Å². The van der Waals surface area contributed by atoms with E-state index in [1.54, 1.807) is 6.07 Å². The van der Waals surface area contributed by atoms with Gasteiger partial charge < -0.3 is 19.5 Å². The van der Waals surface area contributed by atoms with Gasteiger partial charge in [0.25, 0.3) is 5.69 Å². The van der Waals surface area contributed by atoms with Gasteiger partial charge in [-0.05, 0) is 19.3 Å². The zero-order valence-electron chi connectivity index (χ0n) is 12.3. The van der Waals surface area contributed by atoms with E-state index in [4.69, 9.17) is 14.2 Å². The summed E-state index contributed by atoms with van der Waals surface area (Å²) in [4.78, 5) is 10.7. The number of methoxy groups -OCH3 is 2. The number of ether oxygens (including phenoxy) is 3. The van der Waals surface area contributed by atoms with Crippen molar-refractivity contribution >= 4 is 11.4 Å². The molecule has 1 aliphatic heterocycles. The van der Waals surface area contributed by atoms with Crippen LogP contribution >= 0.6 is 0 Å². The molecule has 1 atom stereocenters. The maximum atomic E-state index is 11.2. The number of nitro benzene ring substituents is 1. The van der Waals surface area contributed by atoms with Crippen LogP contribution in [0.2, 0.25) is 0 Å². The van der Waals surface area contributed by atoms with Crippen LogP contribution in [0.25, 0.3) is 0 Å². The number of nitrogens with zero attached hydrogens (tertiary/aromatic N) is 1. The number of benzene rings is 1. The van der Waals surface area contributed by atoms with E-state index in [-0.39, 0.29) is 11.8 Å². The summed E-state index contributed by atoms with van der Waals surface area (Å²) < 4.78 is 15.8. The minimum atomic E-state index is -0.434. The Morgan fingerprint density at radius 2 is 2.10 bits per heavy atom. The molecule has 21 heavy (non-hydrogen) atoms. The van der Waals surface area contributed by atoms with E-state index in [0.717, 1.165) is 25.9 Å². The lowest BCUT2D eigenvalue weighted by atomic mass is 10.1. The summed E-state index contributed by atoms with van der Waals surface area (Å²) in [6.07, 6.45) is 3.21. The van der Waals surface area contributed by atoms with Crippen molar-refractivity contribution in [2.75, 3.05) is 32.7 Å². The molecule has 0 radical (unpaired) electrons. The van der Waals surface area contributed by atoms with Gasteiger partial charge in [-0.3, -0.25) is 10.1 Å². The molecular weight excluding hydrogens is 276 g/mol. The van der Waals surface area contributed by atoms with Crippen LogP contribution in [0.3, 0.4) is 0 Å². The molecule has 7 heteroatoms. The number of rotatable bonds is 7. The molecule has 2 rings (SSSR count). The molecule has 0 aliphatic carbocycles. The first kappa shape index (κ1) is 15.4. The Balaban J connectivity index is 2.10. The third-order valence-electron chi connectivity index (χ3n) is 3.50. The second-order valence-corrected chi connectivity index (χ2v) is 4.83. The van der Waals surface area contributed by atoms with Crippen molar-refractivity contribution in [3.8, 4) is 11.5 Å². The molecule has 0 saturated carbocycles. The van der Waals surface area contributed by atoms with Crippen molar-refractivity contribution in [3.63, 3.8) is 0 Å². The molecule has 1 saturated heterocycles. The van der Waals surface area contributed by atoms with Gasteiger partial charge in [-0.1, -0.05) is 0 Å². The van der Waals surface area contributed by atoms with E-state index in [2.05, 4.69) is 5.32 Å². The van der Waals surface area contributed by atoms with Crippen LogP contribution < -0.4 is 14.8 Å². The summed E-state index contributed by atoms with van der Waals surface area (Å²) >= 11 is 0. The Hall–Kier alpha value is -2.02. The lowest BCUT2D eigenvalue weighted by Gasteiger charge is -2.13. The third kappa shape index (κ3) is 3.75. The van der Waals surface area contributed by atoms with Crippen LogP contribution in [0.5, 0.6) is 11.5 Å². The SMILES string of the molecule is COc1cc(NCCC2CCCO2)c([N+](=O)[O-])cc1OC. The standard InChI is InChI=1S/C14H20N2O5/c1-19-13-8-11(12(16(17)18)9-14(13)20-2)15-6-5-10-4-3-7-21-10/h8-10,15H,3-7H2,1-2H3. The smallest absolute Gasteiger partial charge is 0.296 e. The minimum absolute atomic E-state index is 0.0278. The van der Waals surface area contributed by atoms with Gasteiger partial charge >= 0.3 is 0 Å². The lowest BCUT2D eigenvalue weighted by molar-refractivity contribution is -0.384. The molecule has 1 heterocycles. The van der Waals surface area contributed by atoms with Crippen LogP contribution in [0.15, 0.2) is 12.1 Å². The maximum Gasteiger partial charge on any atom is 0.296 e. The molecule has 1 aromatic carbocycles. The van der Waals surface area contributed by atoms with Crippen LogP contribution in [0.4, 0.5) is 11.4 Å². The van der Waals surface area contributed by atoms with E-state index in [1.165, 1.54) is 20.3 Å². The average Bonchev–Trinajstić information content (AvgIpc) is 2.99. The first-order valence-electron chi connectivity index (χ1n) is 6.91. The van der Waals surface area contributed by atoms with Crippen LogP contribution in [0, 0.1) is 10.1 Å². The first-order chi connectivity index (χ1) is 10.2. The summed E-state index contributed by atoms with van der Waals surface area (Å²) in [5.74, 6) is 0.802. The zero-order valence-corrected chi connectivity index (χ0v) is 12.3. The van der Waals surface area contributed by atoms with Crippen molar-refractivity contribution in [1.29, 1.82) is 0 Å². The Morgan fingerprint density at radius 3 is 2.67 bits per heavy atom. The first-order valence-corrected chi connectivity index (χ1v) is 6.91. The van der Waals surface area contributed by atoms with Crippen molar-refractivity contribution in [3.05, 3.63) is 22.2 Å². The number of nitrogens with one attached hydrogen (secondary N) is 1. The van der Waals surface area contributed by atoms with E-state index >= 15 is 0 Å². The summed E-state index contributed by atoms with van der Waals surface area (Å²) in [5.41, 5.74) is 0.399. The quantitative estimate of drug-likeness (QED) is 0.615. The predicted molar refractivity (Wildman–Crippen MR) is 78.3 cm³/mol. The van der Waals surface area contributed by atoms with Gasteiger partial charge in [-0.2, -0.15) is 0 Å². The fourth-order valence-corrected chi connectivity index (χ4v) is 2.40. The predicted octanol–water partition coefficient (Wildman–Crippen LogP) is 2.59. The fraction of sp³-hybridized carbons (Fsp3) is 0.571. The third-order valence-corrected chi connectivity index (χ3v) is 3.50. The molecule has 0 amide bonds. The van der Waals surface area contributed by atoms with Crippen LogP contribution in [0.1, 0.15) is 19.3 Å². The fourth-order valence-electron chi connectivity index (χ4n) is 2.40. The Kier molecular flexibility index (Phi) is 5.21. The van der Waals surface area contributed by atoms with Gasteiger partial charge in [0.1, 0.15) is 5.69 Å². The van der Waals surface area contributed by atoms with E-state index in [9.17, 15) is 10.1 Å². The summed E-state index contributed by atoms with van der Waals surface area (Å²) in [5, 5.41) is 14.2. The molecule has 1 aliphatic rings. The van der Waals surface area contributed by atoms with Gasteiger partial charge in [-0.25, -0.2) is 0 Å². The van der Waals surface area contributed by atoms with Crippen molar-refractivity contribution in [2.24, 2.45) is 0 Å². The summed E-state index contributed by atoms with van der Waals surface area (Å²) in [6.45, 7) is 1.42. The highest BCUT2D eigenvalue weighted by atomic mass is 16.6. The van der Waals surface area contributed by atoms with Crippen LogP contribution in [-0.2, 0) is 4.74 Å². The molecular formula is C14H20N2O5. The van der Waals surface area contributed by atoms with Crippen molar-refractivity contribution in [2.45, 2.75) is 25.4 Å². The largest absolute Gasteiger partial charge is 0.493 e. The number of nitro groups is 1. The molecule has 1 fully saturated rings. The van der Waals surface area contributed by atoms with Gasteiger partial charge in [0.05, 0.1) is 31.3 Å². The lowest BCUT2D eigenvalue weighted by Crippen LogP contribution is -2.13. The average molecular weight is 296 g/mol. The zero-order chi connectivity index (χ0) is 15.2. The van der Waals surface area contributed by atoms with Crippen molar-refractivity contribution in [1.82, 2.24) is 0 Å². The van der Waals surface area contributed by atoms with E-state index in [1.807, 2.05) is 0 Å². The highest BCUT2D eigenvalue weighted by Crippen LogP contribution is 2.37. The molecule has 1 aromatic rings. The molecule has 1 N–H and O–H groups in total. The monoisotopic (exact) mass is 296 g/mol. The molecule has 0 aromatic heterocycles. The minimum Gasteiger partial charge on any atom is -0.493 e. The number of anilines is 1. The number of hydrogen-bond acceptors (Lipinski definition) is 6. The van der Waals surface area contributed by atoms with Gasteiger partial charge in [-0.15, -0.1) is 0 Å². The van der Waals surface area contributed by atoms with Crippen molar-refractivity contribution < 1.29 is 19.1 Å². The molecule has 0 bridgehead atoms. The van der Waals surface area contributed by atoms with Gasteiger partial charge in [0, 0.05) is 19.2 Å². The second-order valence-electron chi connectivity index (χ2n) is 4.83. The van der Waals surface area contributed by atoms with Crippen LogP contribution in [-0.4, -0.2) is 38.4 Å². The highest BCUT2D eigenvalue weighted by Gasteiger charge is 2.20. The maximum absolute atomic E-state index is 11.2. The van der Waals surface area contributed by atoms with E-state index in [0.29, 0.717) is 23.7 Å². The number of hydrogen-bond donors (Lipinski definition) is 1. The normalized spacial score (nSPS) is 17.5. The molecule has 116 valence electrons. The highest BCUT2D eigenvalue weighted by molar-refractivity contribution is 5.68. The Morgan fingerprint density at radius 1 is 1.38 bits per heavy atom. The Bertz CT molecular complexity index is 500. The topological polar surface area (TPSA) is 82.9 Å². The van der Waals surface area contributed by atoms with E-state index < -0.39 is 4.92 Å². The summed E-state index contributed by atoms with van der Waals surface area (Å²) in [7, 11) is 2.95. The molecule has 0 spiro atoms.